The Balaban J connectivity index is 1.60. The minimum absolute atomic E-state index is 0.248. The predicted molar refractivity (Wildman–Crippen MR) is 94.4 cm³/mol. The van der Waals surface area contributed by atoms with Crippen LogP contribution in [0.15, 0.2) is 34.9 Å². The number of para-hydroxylation sites is 1. The smallest absolute Gasteiger partial charge is 0.223 e. The van der Waals surface area contributed by atoms with Crippen molar-refractivity contribution < 1.29 is 14.4 Å². The van der Waals surface area contributed by atoms with E-state index in [0.29, 0.717) is 18.3 Å². The van der Waals surface area contributed by atoms with Crippen molar-refractivity contribution in [3.8, 4) is 5.75 Å². The van der Waals surface area contributed by atoms with Gasteiger partial charge in [0.1, 0.15) is 18.5 Å². The molecule has 1 atom stereocenters. The van der Waals surface area contributed by atoms with Crippen molar-refractivity contribution >= 4 is 0 Å². The first-order valence-electron chi connectivity index (χ1n) is 9.10. The van der Waals surface area contributed by atoms with Crippen LogP contribution in [0.1, 0.15) is 50.2 Å². The van der Waals surface area contributed by atoms with Gasteiger partial charge in [-0.15, -0.1) is 0 Å². The zero-order valence-corrected chi connectivity index (χ0v) is 14.8. The van der Waals surface area contributed by atoms with Crippen molar-refractivity contribution in [1.29, 1.82) is 0 Å². The van der Waals surface area contributed by atoms with Crippen LogP contribution in [0.2, 0.25) is 0 Å². The molecule has 1 heterocycles. The fourth-order valence-corrected chi connectivity index (χ4v) is 3.39. The van der Waals surface area contributed by atoms with Gasteiger partial charge in [0, 0.05) is 13.5 Å². The summed E-state index contributed by atoms with van der Waals surface area (Å²) in [4.78, 5) is 4.47. The van der Waals surface area contributed by atoms with Crippen molar-refractivity contribution in [2.24, 2.45) is 0 Å². The largest absolute Gasteiger partial charge is 0.491 e. The number of hydrogen-bond acceptors (Lipinski definition) is 6. The minimum Gasteiger partial charge on any atom is -0.491 e. The highest BCUT2D eigenvalue weighted by atomic mass is 16.5. The molecule has 6 heteroatoms. The molecule has 25 heavy (non-hydrogen) atoms. The number of aliphatic hydroxyl groups is 1. The van der Waals surface area contributed by atoms with Gasteiger partial charge in [-0.25, -0.2) is 0 Å². The molecule has 1 aliphatic rings. The molecule has 0 bridgehead atoms. The number of aliphatic hydroxyl groups excluding tert-OH is 1. The Kier molecular flexibility index (Phi) is 6.04. The molecule has 0 spiro atoms. The van der Waals surface area contributed by atoms with E-state index in [-0.39, 0.29) is 12.1 Å². The predicted octanol–water partition coefficient (Wildman–Crippen LogP) is 2.96. The number of aromatic nitrogens is 2. The molecule has 1 fully saturated rings. The zero-order chi connectivity index (χ0) is 17.5. The lowest BCUT2D eigenvalue weighted by Crippen LogP contribution is -2.47. The summed E-state index contributed by atoms with van der Waals surface area (Å²) in [6.45, 7) is 2.49. The molecule has 0 amide bonds. The van der Waals surface area contributed by atoms with Crippen molar-refractivity contribution in [1.82, 2.24) is 15.5 Å². The third-order valence-corrected chi connectivity index (χ3v) is 4.77. The summed E-state index contributed by atoms with van der Waals surface area (Å²) in [7, 11) is 0. The standard InChI is InChI=1S/C19H27N3O3/c1-15-21-18(22-25-15)19(11-7-2-3-8-12-19)20-13-16(23)14-24-17-9-5-4-6-10-17/h4-6,9-10,16,20,23H,2-3,7-8,11-14H2,1H3. The summed E-state index contributed by atoms with van der Waals surface area (Å²) in [5.41, 5.74) is -0.317. The summed E-state index contributed by atoms with van der Waals surface area (Å²) in [6, 6.07) is 9.54. The average Bonchev–Trinajstić information content (AvgIpc) is 2.93. The molecule has 136 valence electrons. The highest BCUT2D eigenvalue weighted by molar-refractivity contribution is 5.20. The Bertz CT molecular complexity index is 636. The van der Waals surface area contributed by atoms with Gasteiger partial charge in [0.05, 0.1) is 5.54 Å². The molecule has 2 aromatic rings. The van der Waals surface area contributed by atoms with E-state index in [1.165, 1.54) is 12.8 Å². The number of nitrogens with one attached hydrogen (secondary N) is 1. The third-order valence-electron chi connectivity index (χ3n) is 4.77. The van der Waals surface area contributed by atoms with Crippen LogP contribution >= 0.6 is 0 Å². The van der Waals surface area contributed by atoms with E-state index in [2.05, 4.69) is 15.5 Å². The highest BCUT2D eigenvalue weighted by Crippen LogP contribution is 2.34. The van der Waals surface area contributed by atoms with Crippen LogP contribution in [-0.4, -0.2) is 34.5 Å². The van der Waals surface area contributed by atoms with Gasteiger partial charge in [-0.05, 0) is 25.0 Å². The summed E-state index contributed by atoms with van der Waals surface area (Å²) in [6.07, 6.45) is 6.00. The van der Waals surface area contributed by atoms with Gasteiger partial charge in [-0.1, -0.05) is 49.0 Å². The quantitative estimate of drug-likeness (QED) is 0.751. The van der Waals surface area contributed by atoms with Crippen LogP contribution in [0.25, 0.3) is 0 Å². The molecule has 2 N–H and O–H groups in total. The van der Waals surface area contributed by atoms with Crippen LogP contribution in [0, 0.1) is 6.92 Å². The van der Waals surface area contributed by atoms with Gasteiger partial charge in [0.15, 0.2) is 5.82 Å². The molecule has 1 aromatic carbocycles. The van der Waals surface area contributed by atoms with E-state index < -0.39 is 6.10 Å². The van der Waals surface area contributed by atoms with Crippen molar-refractivity contribution in [2.75, 3.05) is 13.2 Å². The SMILES string of the molecule is Cc1nc(C2(NCC(O)COc3ccccc3)CCCCCC2)no1. The molecule has 1 saturated carbocycles. The molecular formula is C19H27N3O3. The van der Waals surface area contributed by atoms with Crippen molar-refractivity contribution in [3.63, 3.8) is 0 Å². The van der Waals surface area contributed by atoms with Crippen molar-refractivity contribution in [2.45, 2.75) is 57.1 Å². The average molecular weight is 345 g/mol. The molecule has 1 unspecified atom stereocenters. The first-order chi connectivity index (χ1) is 12.2. The maximum absolute atomic E-state index is 10.3. The van der Waals surface area contributed by atoms with E-state index in [4.69, 9.17) is 9.26 Å². The molecule has 1 aromatic heterocycles. The Labute approximate surface area is 148 Å². The maximum atomic E-state index is 10.3. The topological polar surface area (TPSA) is 80.4 Å². The molecule has 3 rings (SSSR count). The fourth-order valence-electron chi connectivity index (χ4n) is 3.39. The molecule has 0 saturated heterocycles. The Morgan fingerprint density at radius 3 is 2.56 bits per heavy atom. The van der Waals surface area contributed by atoms with Gasteiger partial charge in [-0.2, -0.15) is 4.98 Å². The number of benzene rings is 1. The molecule has 1 aliphatic carbocycles. The van der Waals surface area contributed by atoms with Gasteiger partial charge in [-0.3, -0.25) is 0 Å². The van der Waals surface area contributed by atoms with Crippen molar-refractivity contribution in [3.05, 3.63) is 42.0 Å². The van der Waals surface area contributed by atoms with Gasteiger partial charge < -0.3 is 19.7 Å². The third kappa shape index (κ3) is 4.80. The summed E-state index contributed by atoms with van der Waals surface area (Å²) in [5.74, 6) is 2.05. The second kappa shape index (κ2) is 8.45. The normalized spacial score (nSPS) is 18.5. The number of nitrogens with zero attached hydrogens (tertiary/aromatic N) is 2. The Morgan fingerprint density at radius 2 is 1.92 bits per heavy atom. The molecular weight excluding hydrogens is 318 g/mol. The Morgan fingerprint density at radius 1 is 1.20 bits per heavy atom. The number of aryl methyl sites for hydroxylation is 1. The van der Waals surface area contributed by atoms with Gasteiger partial charge >= 0.3 is 0 Å². The van der Waals surface area contributed by atoms with Crippen LogP contribution < -0.4 is 10.1 Å². The summed E-state index contributed by atoms with van der Waals surface area (Å²) < 4.78 is 10.8. The number of rotatable bonds is 7. The lowest BCUT2D eigenvalue weighted by molar-refractivity contribution is 0.0920. The first-order valence-corrected chi connectivity index (χ1v) is 9.10. The lowest BCUT2D eigenvalue weighted by atomic mass is 9.89. The molecule has 6 nitrogen and oxygen atoms in total. The highest BCUT2D eigenvalue weighted by Gasteiger charge is 2.37. The minimum atomic E-state index is -0.603. The van der Waals surface area contributed by atoms with Crippen LogP contribution in [0.3, 0.4) is 0 Å². The summed E-state index contributed by atoms with van der Waals surface area (Å²) in [5, 5.41) is 18.0. The lowest BCUT2D eigenvalue weighted by Gasteiger charge is -2.32. The fraction of sp³-hybridized carbons (Fsp3) is 0.579. The van der Waals surface area contributed by atoms with Crippen LogP contribution in [-0.2, 0) is 5.54 Å². The van der Waals surface area contributed by atoms with E-state index in [1.54, 1.807) is 0 Å². The Hall–Kier alpha value is -1.92. The summed E-state index contributed by atoms with van der Waals surface area (Å²) >= 11 is 0. The van der Waals surface area contributed by atoms with Gasteiger partial charge in [0.25, 0.3) is 0 Å². The van der Waals surface area contributed by atoms with E-state index >= 15 is 0 Å². The maximum Gasteiger partial charge on any atom is 0.223 e. The van der Waals surface area contributed by atoms with E-state index in [9.17, 15) is 5.11 Å². The monoisotopic (exact) mass is 345 g/mol. The van der Waals surface area contributed by atoms with E-state index in [1.807, 2.05) is 37.3 Å². The molecule has 0 radical (unpaired) electrons. The van der Waals surface area contributed by atoms with Gasteiger partial charge in [0.2, 0.25) is 5.89 Å². The number of ether oxygens (including phenoxy) is 1. The van der Waals surface area contributed by atoms with Crippen LogP contribution in [0.4, 0.5) is 0 Å². The van der Waals surface area contributed by atoms with E-state index in [0.717, 1.165) is 31.4 Å². The first kappa shape index (κ1) is 17.9. The second-order valence-corrected chi connectivity index (χ2v) is 6.79. The van der Waals surface area contributed by atoms with Crippen LogP contribution in [0.5, 0.6) is 5.75 Å². The zero-order valence-electron chi connectivity index (χ0n) is 14.8. The number of hydrogen-bond donors (Lipinski definition) is 2. The second-order valence-electron chi connectivity index (χ2n) is 6.79. The molecule has 0 aliphatic heterocycles.